The Kier molecular flexibility index (Phi) is 2.04. The Hall–Kier alpha value is -1.70. The third-order valence-electron chi connectivity index (χ3n) is 2.31. The van der Waals surface area contributed by atoms with Crippen molar-refractivity contribution in [3.05, 3.63) is 51.8 Å². The number of fused-ring (bicyclic) bond motifs is 1. The van der Waals surface area contributed by atoms with Crippen molar-refractivity contribution in [1.29, 1.82) is 0 Å². The summed E-state index contributed by atoms with van der Waals surface area (Å²) in [4.78, 5) is 15.9. The van der Waals surface area contributed by atoms with Crippen molar-refractivity contribution in [1.82, 2.24) is 4.98 Å². The molecule has 2 heteroatoms. The minimum Gasteiger partial charge on any atom is -0.289 e. The fourth-order valence-corrected chi connectivity index (χ4v) is 1.55. The molecule has 0 saturated heterocycles. The Balaban J connectivity index is 3.02. The molecule has 2 nitrogen and oxygen atoms in total. The quantitative estimate of drug-likeness (QED) is 0.629. The Labute approximate surface area is 82.2 Å². The predicted octanol–water partition coefficient (Wildman–Crippen LogP) is 2.21. The van der Waals surface area contributed by atoms with Gasteiger partial charge in [-0.1, -0.05) is 6.07 Å². The highest BCUT2D eigenvalue weighted by atomic mass is 16.1. The molecule has 0 fully saturated rings. The topological polar surface area (TPSA) is 30.0 Å². The van der Waals surface area contributed by atoms with Crippen molar-refractivity contribution in [2.45, 2.75) is 13.8 Å². The molecular formula is C12H11NO. The first-order valence-corrected chi connectivity index (χ1v) is 4.55. The van der Waals surface area contributed by atoms with Gasteiger partial charge in [-0.3, -0.25) is 9.78 Å². The van der Waals surface area contributed by atoms with Crippen LogP contribution in [0.5, 0.6) is 0 Å². The number of aromatic nitrogens is 1. The van der Waals surface area contributed by atoms with Gasteiger partial charge in [-0.05, 0) is 43.2 Å². The third kappa shape index (κ3) is 1.39. The van der Waals surface area contributed by atoms with Crippen molar-refractivity contribution in [2.75, 3.05) is 0 Å². The molecule has 0 N–H and O–H groups in total. The zero-order chi connectivity index (χ0) is 10.1. The molecule has 0 amide bonds. The monoisotopic (exact) mass is 185 g/mol. The van der Waals surface area contributed by atoms with Gasteiger partial charge in [-0.2, -0.15) is 0 Å². The normalized spacial score (nSPS) is 10.4. The summed E-state index contributed by atoms with van der Waals surface area (Å²) in [6.45, 7) is 3.66. The lowest BCUT2D eigenvalue weighted by Gasteiger charge is -1.88. The first-order chi connectivity index (χ1) is 6.68. The summed E-state index contributed by atoms with van der Waals surface area (Å²) in [5.41, 5.74) is 2.49. The van der Waals surface area contributed by atoms with E-state index < -0.39 is 0 Å². The Bertz CT molecular complexity index is 499. The van der Waals surface area contributed by atoms with Gasteiger partial charge >= 0.3 is 0 Å². The summed E-state index contributed by atoms with van der Waals surface area (Å²) >= 11 is 0. The zero-order valence-electron chi connectivity index (χ0n) is 8.24. The van der Waals surface area contributed by atoms with E-state index >= 15 is 0 Å². The van der Waals surface area contributed by atoms with Crippen molar-refractivity contribution < 1.29 is 0 Å². The lowest BCUT2D eigenvalue weighted by Crippen LogP contribution is -2.03. The predicted molar refractivity (Wildman–Crippen MR) is 57.5 cm³/mol. The van der Waals surface area contributed by atoms with Crippen molar-refractivity contribution in [2.24, 2.45) is 0 Å². The number of hydrogen-bond donors (Lipinski definition) is 0. The SMILES string of the molecule is Cc1cc2cccnc2cc(C)c1=O. The highest BCUT2D eigenvalue weighted by molar-refractivity contribution is 5.78. The summed E-state index contributed by atoms with van der Waals surface area (Å²) in [5.74, 6) is 0. The van der Waals surface area contributed by atoms with E-state index in [-0.39, 0.29) is 5.43 Å². The fourth-order valence-electron chi connectivity index (χ4n) is 1.55. The van der Waals surface area contributed by atoms with Crippen LogP contribution in [0.3, 0.4) is 0 Å². The molecule has 1 heterocycles. The van der Waals surface area contributed by atoms with Gasteiger partial charge in [-0.15, -0.1) is 0 Å². The maximum Gasteiger partial charge on any atom is 0.184 e. The molecule has 0 unspecified atom stereocenters. The number of hydrogen-bond acceptors (Lipinski definition) is 2. The largest absolute Gasteiger partial charge is 0.289 e. The molecule has 0 aliphatic heterocycles. The first-order valence-electron chi connectivity index (χ1n) is 4.55. The standard InChI is InChI=1S/C12H11NO/c1-8-6-10-4-3-5-13-11(10)7-9(2)12(8)14/h3-7H,1-2H3. The van der Waals surface area contributed by atoms with Crippen LogP contribution in [0.4, 0.5) is 0 Å². The van der Waals surface area contributed by atoms with E-state index in [2.05, 4.69) is 4.98 Å². The molecule has 0 aliphatic rings. The summed E-state index contributed by atoms with van der Waals surface area (Å²) in [6, 6.07) is 7.57. The molecule has 70 valence electrons. The molecule has 0 bridgehead atoms. The second-order valence-corrected chi connectivity index (χ2v) is 3.46. The Morgan fingerprint density at radius 3 is 2.64 bits per heavy atom. The molecule has 0 radical (unpaired) electrons. The van der Waals surface area contributed by atoms with Gasteiger partial charge in [0, 0.05) is 11.6 Å². The van der Waals surface area contributed by atoms with Crippen LogP contribution in [0, 0.1) is 13.8 Å². The summed E-state index contributed by atoms with van der Waals surface area (Å²) in [5, 5.41) is 1.01. The number of pyridine rings is 1. The van der Waals surface area contributed by atoms with E-state index in [0.29, 0.717) is 0 Å². The van der Waals surface area contributed by atoms with Crippen LogP contribution < -0.4 is 5.43 Å². The lowest BCUT2D eigenvalue weighted by atomic mass is 10.2. The van der Waals surface area contributed by atoms with Gasteiger partial charge in [0.2, 0.25) is 0 Å². The molecule has 0 atom stereocenters. The average Bonchev–Trinajstić information content (AvgIpc) is 2.28. The van der Waals surface area contributed by atoms with Crippen molar-refractivity contribution in [3.8, 4) is 0 Å². The number of rotatable bonds is 0. The number of aryl methyl sites for hydroxylation is 2. The van der Waals surface area contributed by atoms with Crippen LogP contribution in [0.25, 0.3) is 10.9 Å². The molecule has 2 aromatic rings. The van der Waals surface area contributed by atoms with E-state index in [1.807, 2.05) is 38.1 Å². The van der Waals surface area contributed by atoms with Gasteiger partial charge in [0.1, 0.15) is 0 Å². The van der Waals surface area contributed by atoms with Gasteiger partial charge in [0.25, 0.3) is 0 Å². The summed E-state index contributed by atoms with van der Waals surface area (Å²) in [7, 11) is 0. The summed E-state index contributed by atoms with van der Waals surface area (Å²) < 4.78 is 0. The van der Waals surface area contributed by atoms with Gasteiger partial charge in [-0.25, -0.2) is 0 Å². The van der Waals surface area contributed by atoms with Crippen LogP contribution >= 0.6 is 0 Å². The Morgan fingerprint density at radius 2 is 1.86 bits per heavy atom. The highest BCUT2D eigenvalue weighted by Gasteiger charge is 1.98. The van der Waals surface area contributed by atoms with E-state index in [4.69, 9.17) is 0 Å². The van der Waals surface area contributed by atoms with E-state index in [1.165, 1.54) is 0 Å². The zero-order valence-corrected chi connectivity index (χ0v) is 8.24. The molecule has 0 saturated carbocycles. The maximum atomic E-state index is 11.6. The fraction of sp³-hybridized carbons (Fsp3) is 0.167. The highest BCUT2D eigenvalue weighted by Crippen LogP contribution is 2.10. The maximum absolute atomic E-state index is 11.6. The minimum atomic E-state index is 0.100. The van der Waals surface area contributed by atoms with E-state index in [1.54, 1.807) is 6.20 Å². The smallest absolute Gasteiger partial charge is 0.184 e. The Morgan fingerprint density at radius 1 is 1.14 bits per heavy atom. The van der Waals surface area contributed by atoms with Gasteiger partial charge in [0.15, 0.2) is 5.43 Å². The second-order valence-electron chi connectivity index (χ2n) is 3.46. The van der Waals surface area contributed by atoms with Crippen molar-refractivity contribution in [3.63, 3.8) is 0 Å². The lowest BCUT2D eigenvalue weighted by molar-refractivity contribution is 1.35. The molecular weight excluding hydrogens is 174 g/mol. The van der Waals surface area contributed by atoms with Crippen LogP contribution in [0.15, 0.2) is 35.3 Å². The number of nitrogens with zero attached hydrogens (tertiary/aromatic N) is 1. The molecule has 0 aliphatic carbocycles. The van der Waals surface area contributed by atoms with Gasteiger partial charge in [0.05, 0.1) is 5.52 Å². The minimum absolute atomic E-state index is 0.100. The van der Waals surface area contributed by atoms with Crippen LogP contribution in [0.2, 0.25) is 0 Å². The second kappa shape index (κ2) is 3.22. The van der Waals surface area contributed by atoms with Crippen LogP contribution in [-0.4, -0.2) is 4.98 Å². The van der Waals surface area contributed by atoms with Gasteiger partial charge < -0.3 is 0 Å². The molecule has 14 heavy (non-hydrogen) atoms. The molecule has 2 rings (SSSR count). The average molecular weight is 185 g/mol. The van der Waals surface area contributed by atoms with Crippen LogP contribution in [-0.2, 0) is 0 Å². The van der Waals surface area contributed by atoms with Crippen molar-refractivity contribution >= 4 is 10.9 Å². The van der Waals surface area contributed by atoms with E-state index in [9.17, 15) is 4.79 Å². The third-order valence-corrected chi connectivity index (χ3v) is 2.31. The molecule has 0 spiro atoms. The summed E-state index contributed by atoms with van der Waals surface area (Å²) in [6.07, 6.45) is 1.74. The molecule has 1 aromatic carbocycles. The van der Waals surface area contributed by atoms with Crippen LogP contribution in [0.1, 0.15) is 11.1 Å². The molecule has 1 aromatic heterocycles. The van der Waals surface area contributed by atoms with E-state index in [0.717, 1.165) is 22.0 Å². The first kappa shape index (κ1) is 8.88.